The van der Waals surface area contributed by atoms with Crippen molar-refractivity contribution in [3.63, 3.8) is 0 Å². The average Bonchev–Trinajstić information content (AvgIpc) is 2.86. The number of aliphatic imine (C=N–C) groups is 1. The molecule has 0 saturated heterocycles. The van der Waals surface area contributed by atoms with Crippen LogP contribution in [0.3, 0.4) is 0 Å². The summed E-state index contributed by atoms with van der Waals surface area (Å²) in [6.07, 6.45) is 3.05. The van der Waals surface area contributed by atoms with E-state index in [2.05, 4.69) is 4.99 Å². The molecule has 1 aliphatic carbocycles. The topological polar surface area (TPSA) is 47.9 Å². The first kappa shape index (κ1) is 10.8. The van der Waals surface area contributed by atoms with Crippen LogP contribution in [0.4, 0.5) is 4.79 Å². The van der Waals surface area contributed by atoms with Crippen LogP contribution in [-0.2, 0) is 9.47 Å². The molecule has 1 aliphatic heterocycles. The van der Waals surface area contributed by atoms with Crippen molar-refractivity contribution in [1.82, 2.24) is 0 Å². The summed E-state index contributed by atoms with van der Waals surface area (Å²) in [6, 6.07) is 7.97. The molecule has 2 aliphatic rings. The molecule has 0 bridgehead atoms. The Labute approximate surface area is 104 Å². The Hall–Kier alpha value is -2.36. The molecular weight excluding hydrogens is 230 g/mol. The van der Waals surface area contributed by atoms with Gasteiger partial charge in [0, 0.05) is 17.2 Å². The molecule has 0 N–H and O–H groups in total. The number of carbonyl (C=O) groups excluding carboxylic acids is 1. The van der Waals surface area contributed by atoms with Gasteiger partial charge in [-0.3, -0.25) is 0 Å². The molecule has 0 spiro atoms. The van der Waals surface area contributed by atoms with Crippen LogP contribution in [0.5, 0.6) is 0 Å². The van der Waals surface area contributed by atoms with E-state index in [-0.39, 0.29) is 12.5 Å². The first-order valence-corrected chi connectivity index (χ1v) is 5.74. The van der Waals surface area contributed by atoms with Gasteiger partial charge in [0.15, 0.2) is 0 Å². The van der Waals surface area contributed by atoms with Crippen molar-refractivity contribution in [2.24, 2.45) is 4.99 Å². The van der Waals surface area contributed by atoms with Crippen LogP contribution in [0, 0.1) is 0 Å². The van der Waals surface area contributed by atoms with Gasteiger partial charge in [0.05, 0.1) is 12.3 Å². The molecular formula is C14H11NO3. The molecule has 18 heavy (non-hydrogen) atoms. The molecule has 1 aromatic rings. The van der Waals surface area contributed by atoms with E-state index in [1.165, 1.54) is 0 Å². The van der Waals surface area contributed by atoms with E-state index in [0.29, 0.717) is 0 Å². The minimum absolute atomic E-state index is 0.282. The van der Waals surface area contributed by atoms with Crippen LogP contribution in [0.15, 0.2) is 46.8 Å². The van der Waals surface area contributed by atoms with E-state index in [0.717, 1.165) is 22.4 Å². The number of nitrogens with zero attached hydrogens (tertiary/aromatic N) is 1. The molecule has 1 aromatic carbocycles. The molecule has 0 atom stereocenters. The molecule has 0 saturated carbocycles. The van der Waals surface area contributed by atoms with Gasteiger partial charge < -0.3 is 9.47 Å². The highest BCUT2D eigenvalue weighted by atomic mass is 16.7. The number of hydrogen-bond donors (Lipinski definition) is 0. The fraction of sp³-hybridized carbons (Fsp3) is 0.143. The third kappa shape index (κ3) is 1.72. The van der Waals surface area contributed by atoms with E-state index in [1.54, 1.807) is 13.0 Å². The van der Waals surface area contributed by atoms with Crippen molar-refractivity contribution in [3.8, 4) is 0 Å². The standard InChI is InChI=1S/C14H11NO3/c1-2-17-14(16)18-12-8-10-7-9-5-3-4-6-11(9)13(10)15-12/h3-8H,2H2,1H3. The van der Waals surface area contributed by atoms with E-state index in [9.17, 15) is 4.79 Å². The number of allylic oxidation sites excluding steroid dienone is 2. The van der Waals surface area contributed by atoms with Gasteiger partial charge in [-0.05, 0) is 18.6 Å². The number of carbonyl (C=O) groups is 1. The van der Waals surface area contributed by atoms with Crippen LogP contribution in [0.1, 0.15) is 18.1 Å². The molecule has 4 heteroatoms. The molecule has 90 valence electrons. The minimum atomic E-state index is -0.720. The summed E-state index contributed by atoms with van der Waals surface area (Å²) in [4.78, 5) is 15.5. The van der Waals surface area contributed by atoms with Gasteiger partial charge in [0.2, 0.25) is 5.88 Å². The highest BCUT2D eigenvalue weighted by Gasteiger charge is 2.25. The maximum atomic E-state index is 11.2. The van der Waals surface area contributed by atoms with Crippen molar-refractivity contribution < 1.29 is 14.3 Å². The maximum absolute atomic E-state index is 11.2. The fourth-order valence-electron chi connectivity index (χ4n) is 2.03. The number of hydrogen-bond acceptors (Lipinski definition) is 4. The summed E-state index contributed by atoms with van der Waals surface area (Å²) in [7, 11) is 0. The van der Waals surface area contributed by atoms with Gasteiger partial charge in [-0.2, -0.15) is 0 Å². The summed E-state index contributed by atoms with van der Waals surface area (Å²) in [5.74, 6) is 0.282. The van der Waals surface area contributed by atoms with Gasteiger partial charge >= 0.3 is 6.16 Å². The molecule has 0 amide bonds. The highest BCUT2D eigenvalue weighted by molar-refractivity contribution is 6.24. The number of rotatable bonds is 2. The molecule has 0 fully saturated rings. The zero-order valence-corrected chi connectivity index (χ0v) is 9.84. The van der Waals surface area contributed by atoms with Crippen LogP contribution < -0.4 is 0 Å². The van der Waals surface area contributed by atoms with Crippen molar-refractivity contribution in [1.29, 1.82) is 0 Å². The number of ether oxygens (including phenoxy) is 2. The molecule has 1 heterocycles. The summed E-state index contributed by atoms with van der Waals surface area (Å²) in [6.45, 7) is 2.01. The number of fused-ring (bicyclic) bond motifs is 3. The molecule has 3 rings (SSSR count). The lowest BCUT2D eigenvalue weighted by atomic mass is 10.1. The maximum Gasteiger partial charge on any atom is 0.515 e. The van der Waals surface area contributed by atoms with Gasteiger partial charge in [0.1, 0.15) is 0 Å². The van der Waals surface area contributed by atoms with Crippen LogP contribution in [0.25, 0.3) is 6.08 Å². The lowest BCUT2D eigenvalue weighted by Crippen LogP contribution is -2.05. The van der Waals surface area contributed by atoms with Gasteiger partial charge in [-0.25, -0.2) is 9.79 Å². The third-order valence-corrected chi connectivity index (χ3v) is 2.75. The average molecular weight is 241 g/mol. The first-order chi connectivity index (χ1) is 8.78. The molecule has 0 unspecified atom stereocenters. The van der Waals surface area contributed by atoms with E-state index < -0.39 is 6.16 Å². The Kier molecular flexibility index (Phi) is 2.48. The van der Waals surface area contributed by atoms with Crippen LogP contribution >= 0.6 is 0 Å². The predicted molar refractivity (Wildman–Crippen MR) is 67.1 cm³/mol. The van der Waals surface area contributed by atoms with Gasteiger partial charge in [0.25, 0.3) is 0 Å². The molecule has 4 nitrogen and oxygen atoms in total. The quantitative estimate of drug-likeness (QED) is 0.748. The number of benzene rings is 1. The van der Waals surface area contributed by atoms with Crippen LogP contribution in [0.2, 0.25) is 0 Å². The predicted octanol–water partition coefficient (Wildman–Crippen LogP) is 2.90. The van der Waals surface area contributed by atoms with Crippen molar-refractivity contribution >= 4 is 17.9 Å². The summed E-state index contributed by atoms with van der Waals surface area (Å²) < 4.78 is 9.68. The Morgan fingerprint density at radius 3 is 2.94 bits per heavy atom. The van der Waals surface area contributed by atoms with Crippen molar-refractivity contribution in [2.45, 2.75) is 6.92 Å². The SMILES string of the molecule is CCOC(=O)OC1=CC2=Cc3ccccc3C2=N1. The third-order valence-electron chi connectivity index (χ3n) is 2.75. The smallest absolute Gasteiger partial charge is 0.434 e. The second kappa shape index (κ2) is 4.14. The molecule has 0 aromatic heterocycles. The van der Waals surface area contributed by atoms with Crippen LogP contribution in [-0.4, -0.2) is 18.5 Å². The normalized spacial score (nSPS) is 15.3. The monoisotopic (exact) mass is 241 g/mol. The first-order valence-electron chi connectivity index (χ1n) is 5.74. The Morgan fingerprint density at radius 1 is 1.28 bits per heavy atom. The fourth-order valence-corrected chi connectivity index (χ4v) is 2.03. The molecule has 0 radical (unpaired) electrons. The Morgan fingerprint density at radius 2 is 2.11 bits per heavy atom. The van der Waals surface area contributed by atoms with Gasteiger partial charge in [-0.1, -0.05) is 24.3 Å². The summed E-state index contributed by atoms with van der Waals surface area (Å²) in [5.41, 5.74) is 4.02. The lowest BCUT2D eigenvalue weighted by molar-refractivity contribution is 0.0813. The Balaban J connectivity index is 1.84. The van der Waals surface area contributed by atoms with E-state index in [4.69, 9.17) is 9.47 Å². The highest BCUT2D eigenvalue weighted by Crippen LogP contribution is 2.32. The zero-order valence-electron chi connectivity index (χ0n) is 9.84. The second-order valence-electron chi connectivity index (χ2n) is 3.91. The summed E-state index contributed by atoms with van der Waals surface area (Å²) >= 11 is 0. The second-order valence-corrected chi connectivity index (χ2v) is 3.91. The van der Waals surface area contributed by atoms with Crippen molar-refractivity contribution in [2.75, 3.05) is 6.61 Å². The van der Waals surface area contributed by atoms with Gasteiger partial charge in [-0.15, -0.1) is 0 Å². The lowest BCUT2D eigenvalue weighted by Gasteiger charge is -2.02. The van der Waals surface area contributed by atoms with E-state index >= 15 is 0 Å². The summed E-state index contributed by atoms with van der Waals surface area (Å²) in [5, 5.41) is 0. The minimum Gasteiger partial charge on any atom is -0.434 e. The van der Waals surface area contributed by atoms with E-state index in [1.807, 2.05) is 30.3 Å². The Bertz CT molecular complexity index is 611. The largest absolute Gasteiger partial charge is 0.515 e. The zero-order chi connectivity index (χ0) is 12.5. The van der Waals surface area contributed by atoms with Crippen molar-refractivity contribution in [3.05, 3.63) is 52.9 Å².